The summed E-state index contributed by atoms with van der Waals surface area (Å²) < 4.78 is 2.65. The van der Waals surface area contributed by atoms with Crippen LogP contribution in [0.4, 0.5) is 0 Å². The summed E-state index contributed by atoms with van der Waals surface area (Å²) in [5, 5.41) is 11.8. The third kappa shape index (κ3) is 3.07. The second-order valence-corrected chi connectivity index (χ2v) is 6.70. The molecule has 6 heteroatoms. The van der Waals surface area contributed by atoms with E-state index in [0.29, 0.717) is 0 Å². The van der Waals surface area contributed by atoms with Crippen molar-refractivity contribution in [3.63, 3.8) is 0 Å². The fraction of sp³-hybridized carbons (Fsp3) is 0.538. The lowest BCUT2D eigenvalue weighted by molar-refractivity contribution is 0.555. The first-order valence-corrected chi connectivity index (χ1v) is 8.01. The second-order valence-electron chi connectivity index (χ2n) is 4.66. The van der Waals surface area contributed by atoms with Gasteiger partial charge in [0.05, 0.1) is 11.7 Å². The highest BCUT2D eigenvalue weighted by Crippen LogP contribution is 2.33. The van der Waals surface area contributed by atoms with E-state index < -0.39 is 0 Å². The van der Waals surface area contributed by atoms with Crippen molar-refractivity contribution in [2.24, 2.45) is 7.05 Å². The van der Waals surface area contributed by atoms with E-state index in [1.54, 1.807) is 0 Å². The van der Waals surface area contributed by atoms with Crippen molar-refractivity contribution in [2.45, 2.75) is 33.2 Å². The summed E-state index contributed by atoms with van der Waals surface area (Å²) in [5.74, 6) is 0. The maximum atomic E-state index is 4.09. The van der Waals surface area contributed by atoms with Gasteiger partial charge >= 0.3 is 0 Å². The van der Waals surface area contributed by atoms with Gasteiger partial charge < -0.3 is 5.32 Å². The Hall–Kier alpha value is -0.720. The molecule has 2 rings (SSSR count). The molecule has 0 saturated heterocycles. The molecule has 0 aliphatic carbocycles. The van der Waals surface area contributed by atoms with Crippen LogP contribution in [0.2, 0.25) is 0 Å². The number of nitrogens with one attached hydrogen (secondary N) is 1. The largest absolute Gasteiger partial charge is 0.304 e. The van der Waals surface area contributed by atoms with Gasteiger partial charge in [0.25, 0.3) is 0 Å². The Kier molecular flexibility index (Phi) is 4.76. The first-order valence-electron chi connectivity index (χ1n) is 6.40. The van der Waals surface area contributed by atoms with E-state index in [2.05, 4.69) is 58.4 Å². The number of halogens is 1. The minimum atomic E-state index is 0.145. The normalized spacial score (nSPS) is 12.9. The molecular weight excluding hydrogens is 324 g/mol. The molecule has 0 fully saturated rings. The zero-order valence-electron chi connectivity index (χ0n) is 11.7. The van der Waals surface area contributed by atoms with Crippen molar-refractivity contribution >= 4 is 27.3 Å². The SMILES string of the molecule is CCCNC(c1cc(C)c(C)s1)c1c(Br)nnn1C. The van der Waals surface area contributed by atoms with Crippen LogP contribution in [-0.4, -0.2) is 21.5 Å². The van der Waals surface area contributed by atoms with Crippen LogP contribution in [-0.2, 0) is 7.05 Å². The molecule has 0 bridgehead atoms. The van der Waals surface area contributed by atoms with E-state index in [4.69, 9.17) is 0 Å². The zero-order chi connectivity index (χ0) is 14.0. The Morgan fingerprint density at radius 1 is 1.47 bits per heavy atom. The predicted octanol–water partition coefficient (Wildman–Crippen LogP) is 3.34. The Balaban J connectivity index is 2.41. The third-order valence-electron chi connectivity index (χ3n) is 3.17. The van der Waals surface area contributed by atoms with Crippen LogP contribution in [0.1, 0.15) is 40.4 Å². The number of aromatic nitrogens is 3. The van der Waals surface area contributed by atoms with E-state index in [1.165, 1.54) is 15.3 Å². The number of hydrogen-bond donors (Lipinski definition) is 1. The van der Waals surface area contributed by atoms with Crippen LogP contribution >= 0.6 is 27.3 Å². The van der Waals surface area contributed by atoms with Crippen molar-refractivity contribution in [1.29, 1.82) is 0 Å². The van der Waals surface area contributed by atoms with Gasteiger partial charge in [-0.2, -0.15) is 0 Å². The van der Waals surface area contributed by atoms with E-state index in [1.807, 2.05) is 23.1 Å². The summed E-state index contributed by atoms with van der Waals surface area (Å²) in [7, 11) is 1.93. The number of thiophene rings is 1. The number of aryl methyl sites for hydroxylation is 3. The standard InChI is InChI=1S/C13H19BrN4S/c1-5-6-15-11(10-7-8(2)9(3)19-10)12-13(14)16-17-18(12)4/h7,11,15H,5-6H2,1-4H3. The first kappa shape index (κ1) is 14.7. The van der Waals surface area contributed by atoms with Gasteiger partial charge in [0, 0.05) is 16.8 Å². The molecule has 2 heterocycles. The van der Waals surface area contributed by atoms with Gasteiger partial charge in [-0.05, 0) is 54.4 Å². The zero-order valence-corrected chi connectivity index (χ0v) is 14.1. The summed E-state index contributed by atoms with van der Waals surface area (Å²) in [6.07, 6.45) is 1.10. The Labute approximate surface area is 126 Å². The monoisotopic (exact) mass is 342 g/mol. The van der Waals surface area contributed by atoms with Crippen molar-refractivity contribution < 1.29 is 0 Å². The Bertz CT molecular complexity index is 522. The summed E-state index contributed by atoms with van der Waals surface area (Å²) in [6.45, 7) is 7.46. The van der Waals surface area contributed by atoms with Crippen molar-refractivity contribution in [3.05, 3.63) is 31.7 Å². The molecule has 0 aliphatic heterocycles. The van der Waals surface area contributed by atoms with Gasteiger partial charge in [0.15, 0.2) is 4.60 Å². The average Bonchev–Trinajstić information content (AvgIpc) is 2.86. The fourth-order valence-electron chi connectivity index (χ4n) is 2.01. The highest BCUT2D eigenvalue weighted by atomic mass is 79.9. The minimum absolute atomic E-state index is 0.145. The van der Waals surface area contributed by atoms with Crippen LogP contribution in [0.3, 0.4) is 0 Å². The minimum Gasteiger partial charge on any atom is -0.304 e. The number of rotatable bonds is 5. The molecule has 104 valence electrons. The van der Waals surface area contributed by atoms with Crippen molar-refractivity contribution in [3.8, 4) is 0 Å². The predicted molar refractivity (Wildman–Crippen MR) is 82.6 cm³/mol. The van der Waals surface area contributed by atoms with Gasteiger partial charge in [0.1, 0.15) is 0 Å². The van der Waals surface area contributed by atoms with Crippen LogP contribution in [0, 0.1) is 13.8 Å². The molecule has 0 aliphatic rings. The highest BCUT2D eigenvalue weighted by molar-refractivity contribution is 9.10. The average molecular weight is 343 g/mol. The molecular formula is C13H19BrN4S. The quantitative estimate of drug-likeness (QED) is 0.905. The molecule has 19 heavy (non-hydrogen) atoms. The lowest BCUT2D eigenvalue weighted by atomic mass is 10.1. The number of hydrogen-bond acceptors (Lipinski definition) is 4. The Morgan fingerprint density at radius 3 is 2.68 bits per heavy atom. The van der Waals surface area contributed by atoms with E-state index in [9.17, 15) is 0 Å². The second kappa shape index (κ2) is 6.15. The summed E-state index contributed by atoms with van der Waals surface area (Å²) >= 11 is 5.34. The highest BCUT2D eigenvalue weighted by Gasteiger charge is 2.23. The van der Waals surface area contributed by atoms with Gasteiger partial charge in [-0.1, -0.05) is 12.1 Å². The molecule has 0 amide bonds. The van der Waals surface area contributed by atoms with E-state index in [0.717, 1.165) is 23.3 Å². The maximum Gasteiger partial charge on any atom is 0.153 e. The summed E-state index contributed by atoms with van der Waals surface area (Å²) in [6, 6.07) is 2.40. The van der Waals surface area contributed by atoms with Crippen LogP contribution in [0.25, 0.3) is 0 Å². The summed E-state index contributed by atoms with van der Waals surface area (Å²) in [5.41, 5.74) is 2.42. The fourth-order valence-corrected chi connectivity index (χ4v) is 3.69. The topological polar surface area (TPSA) is 42.7 Å². The molecule has 4 nitrogen and oxygen atoms in total. The molecule has 1 atom stereocenters. The molecule has 0 saturated carbocycles. The number of nitrogens with zero attached hydrogens (tertiary/aromatic N) is 3. The van der Waals surface area contributed by atoms with Gasteiger partial charge in [0.2, 0.25) is 0 Å². The molecule has 0 radical (unpaired) electrons. The molecule has 1 N–H and O–H groups in total. The van der Waals surface area contributed by atoms with Gasteiger partial charge in [-0.15, -0.1) is 16.4 Å². The van der Waals surface area contributed by atoms with E-state index in [-0.39, 0.29) is 6.04 Å². The Morgan fingerprint density at radius 2 is 2.21 bits per heavy atom. The van der Waals surface area contributed by atoms with E-state index >= 15 is 0 Å². The molecule has 0 aromatic carbocycles. The lowest BCUT2D eigenvalue weighted by Crippen LogP contribution is -2.24. The van der Waals surface area contributed by atoms with Crippen molar-refractivity contribution in [1.82, 2.24) is 20.3 Å². The van der Waals surface area contributed by atoms with Crippen molar-refractivity contribution in [2.75, 3.05) is 6.54 Å². The smallest absolute Gasteiger partial charge is 0.153 e. The lowest BCUT2D eigenvalue weighted by Gasteiger charge is -2.17. The summed E-state index contributed by atoms with van der Waals surface area (Å²) in [4.78, 5) is 2.68. The molecule has 2 aromatic heterocycles. The van der Waals surface area contributed by atoms with Crippen LogP contribution < -0.4 is 5.32 Å². The van der Waals surface area contributed by atoms with Gasteiger partial charge in [-0.25, -0.2) is 4.68 Å². The molecule has 1 unspecified atom stereocenters. The van der Waals surface area contributed by atoms with Crippen LogP contribution in [0.15, 0.2) is 10.7 Å². The van der Waals surface area contributed by atoms with Gasteiger partial charge in [-0.3, -0.25) is 0 Å². The third-order valence-corrected chi connectivity index (χ3v) is 4.95. The maximum absolute atomic E-state index is 4.09. The molecule has 2 aromatic rings. The first-order chi connectivity index (χ1) is 9.04. The molecule has 0 spiro atoms. The van der Waals surface area contributed by atoms with Crippen LogP contribution in [0.5, 0.6) is 0 Å².